The molecule has 0 saturated carbocycles. The number of carboxylic acid groups (broad SMARTS) is 1. The molecule has 9 nitrogen and oxygen atoms in total. The van der Waals surface area contributed by atoms with Crippen LogP contribution in [0.5, 0.6) is 0 Å². The predicted octanol–water partition coefficient (Wildman–Crippen LogP) is 4.39. The molecule has 0 atom stereocenters. The molecule has 0 aliphatic carbocycles. The third-order valence-electron chi connectivity index (χ3n) is 6.12. The maximum absolute atomic E-state index is 13.3. The number of H-pyrrole nitrogens is 1. The van der Waals surface area contributed by atoms with Crippen LogP contribution < -0.4 is 5.69 Å². The fourth-order valence-corrected chi connectivity index (χ4v) is 4.44. The quantitative estimate of drug-likeness (QED) is 0.311. The van der Waals surface area contributed by atoms with Gasteiger partial charge in [-0.25, -0.2) is 9.59 Å². The SMILES string of the molecule is CCCCCn1c(C(=O)O)c(CCC)n(Cc2ccc(-c3ccccc3-c3nn[nH]n3)cc2)c1=O. The van der Waals surface area contributed by atoms with Crippen molar-refractivity contribution in [1.29, 1.82) is 0 Å². The van der Waals surface area contributed by atoms with E-state index in [4.69, 9.17) is 0 Å². The highest BCUT2D eigenvalue weighted by Crippen LogP contribution is 2.30. The van der Waals surface area contributed by atoms with E-state index in [0.29, 0.717) is 31.0 Å². The lowest BCUT2D eigenvalue weighted by atomic mass is 9.98. The molecule has 0 fully saturated rings. The number of unbranched alkanes of at least 4 members (excludes halogenated alkanes) is 2. The van der Waals surface area contributed by atoms with Gasteiger partial charge in [-0.15, -0.1) is 10.2 Å². The van der Waals surface area contributed by atoms with Crippen LogP contribution in [0.3, 0.4) is 0 Å². The first kappa shape index (κ1) is 24.1. The smallest absolute Gasteiger partial charge is 0.354 e. The van der Waals surface area contributed by atoms with Crippen LogP contribution in [0.4, 0.5) is 0 Å². The maximum atomic E-state index is 13.3. The standard InChI is InChI=1S/C26H30N6O3/c1-3-5-8-16-31-23(25(33)34)22(9-4-2)32(26(31)35)17-18-12-14-19(15-13-18)20-10-6-7-11-21(20)24-27-29-30-28-24/h6-7,10-15H,3-5,8-9,16-17H2,1-2H3,(H,33,34)(H,27,28,29,30). The Morgan fingerprint density at radius 2 is 1.71 bits per heavy atom. The van der Waals surface area contributed by atoms with Crippen molar-refractivity contribution in [3.8, 4) is 22.5 Å². The van der Waals surface area contributed by atoms with Gasteiger partial charge in [-0.3, -0.25) is 9.13 Å². The van der Waals surface area contributed by atoms with Crippen molar-refractivity contribution in [2.24, 2.45) is 0 Å². The monoisotopic (exact) mass is 474 g/mol. The molecule has 2 heterocycles. The van der Waals surface area contributed by atoms with Crippen molar-refractivity contribution in [2.75, 3.05) is 0 Å². The first-order valence-corrected chi connectivity index (χ1v) is 12.0. The van der Waals surface area contributed by atoms with E-state index in [2.05, 4.69) is 27.5 Å². The number of rotatable bonds is 11. The molecule has 2 N–H and O–H groups in total. The zero-order valence-corrected chi connectivity index (χ0v) is 20.1. The highest BCUT2D eigenvalue weighted by molar-refractivity contribution is 5.87. The maximum Gasteiger partial charge on any atom is 0.354 e. The number of nitrogens with one attached hydrogen (secondary N) is 1. The van der Waals surface area contributed by atoms with E-state index in [0.717, 1.165) is 47.9 Å². The second kappa shape index (κ2) is 10.9. The number of carboxylic acids is 1. The van der Waals surface area contributed by atoms with E-state index in [-0.39, 0.29) is 11.4 Å². The van der Waals surface area contributed by atoms with Crippen molar-refractivity contribution in [3.05, 3.63) is 76.0 Å². The van der Waals surface area contributed by atoms with Crippen LogP contribution in [0.25, 0.3) is 22.5 Å². The van der Waals surface area contributed by atoms with E-state index in [1.54, 1.807) is 4.57 Å². The fourth-order valence-electron chi connectivity index (χ4n) is 4.44. The lowest BCUT2D eigenvalue weighted by Crippen LogP contribution is -2.26. The molecule has 0 aliphatic heterocycles. The Morgan fingerprint density at radius 3 is 2.34 bits per heavy atom. The first-order valence-electron chi connectivity index (χ1n) is 12.0. The summed E-state index contributed by atoms with van der Waals surface area (Å²) in [5.74, 6) is -0.528. The summed E-state index contributed by atoms with van der Waals surface area (Å²) in [6, 6.07) is 15.8. The fraction of sp³-hybridized carbons (Fsp3) is 0.346. The van der Waals surface area contributed by atoms with Crippen molar-refractivity contribution >= 4 is 5.97 Å². The number of aromatic nitrogens is 6. The van der Waals surface area contributed by atoms with Gasteiger partial charge in [-0.05, 0) is 34.7 Å². The molecule has 2 aromatic carbocycles. The minimum absolute atomic E-state index is 0.124. The Morgan fingerprint density at radius 1 is 0.971 bits per heavy atom. The van der Waals surface area contributed by atoms with Gasteiger partial charge in [0.2, 0.25) is 5.82 Å². The number of tetrazole rings is 1. The second-order valence-electron chi connectivity index (χ2n) is 8.56. The van der Waals surface area contributed by atoms with Crippen molar-refractivity contribution in [2.45, 2.75) is 59.0 Å². The van der Waals surface area contributed by atoms with Gasteiger partial charge >= 0.3 is 11.7 Å². The Balaban J connectivity index is 1.67. The molecule has 4 aromatic rings. The Labute approximate surface area is 203 Å². The number of hydrogen-bond donors (Lipinski definition) is 2. The summed E-state index contributed by atoms with van der Waals surface area (Å²) in [5, 5.41) is 24.3. The van der Waals surface area contributed by atoms with Crippen LogP contribution >= 0.6 is 0 Å². The lowest BCUT2D eigenvalue weighted by molar-refractivity contribution is 0.0683. The molecule has 0 unspecified atom stereocenters. The van der Waals surface area contributed by atoms with E-state index < -0.39 is 5.97 Å². The topological polar surface area (TPSA) is 119 Å². The third-order valence-corrected chi connectivity index (χ3v) is 6.12. The van der Waals surface area contributed by atoms with Gasteiger partial charge < -0.3 is 5.11 Å². The van der Waals surface area contributed by atoms with Gasteiger partial charge in [0.15, 0.2) is 5.69 Å². The number of benzene rings is 2. The molecule has 182 valence electrons. The number of aromatic carboxylic acids is 1. The van der Waals surface area contributed by atoms with Crippen LogP contribution in [-0.2, 0) is 19.5 Å². The van der Waals surface area contributed by atoms with Crippen LogP contribution in [0.1, 0.15) is 61.3 Å². The molecule has 0 amide bonds. The lowest BCUT2D eigenvalue weighted by Gasteiger charge is -2.10. The molecule has 0 aliphatic rings. The minimum Gasteiger partial charge on any atom is -0.477 e. The average molecular weight is 475 g/mol. The van der Waals surface area contributed by atoms with Crippen LogP contribution in [0, 0.1) is 0 Å². The van der Waals surface area contributed by atoms with Crippen molar-refractivity contribution in [3.63, 3.8) is 0 Å². The van der Waals surface area contributed by atoms with Crippen LogP contribution in [-0.4, -0.2) is 40.8 Å². The summed E-state index contributed by atoms with van der Waals surface area (Å²) in [6.07, 6.45) is 4.02. The molecule has 0 spiro atoms. The van der Waals surface area contributed by atoms with Crippen molar-refractivity contribution < 1.29 is 9.90 Å². The Hall–Kier alpha value is -4.01. The second-order valence-corrected chi connectivity index (χ2v) is 8.56. The molecule has 2 aromatic heterocycles. The zero-order chi connectivity index (χ0) is 24.8. The molecular formula is C26H30N6O3. The number of carbonyl (C=O) groups is 1. The van der Waals surface area contributed by atoms with E-state index in [1.807, 2.05) is 55.5 Å². The highest BCUT2D eigenvalue weighted by Gasteiger charge is 2.24. The zero-order valence-electron chi connectivity index (χ0n) is 20.1. The van der Waals surface area contributed by atoms with Gasteiger partial charge in [-0.1, -0.05) is 81.6 Å². The van der Waals surface area contributed by atoms with E-state index in [9.17, 15) is 14.7 Å². The Bertz CT molecular complexity index is 1340. The summed E-state index contributed by atoms with van der Waals surface area (Å²) < 4.78 is 3.07. The molecule has 35 heavy (non-hydrogen) atoms. The third kappa shape index (κ3) is 5.08. The van der Waals surface area contributed by atoms with Gasteiger partial charge in [0.1, 0.15) is 0 Å². The summed E-state index contributed by atoms with van der Waals surface area (Å²) in [6.45, 7) is 4.81. The molecule has 9 heteroatoms. The Kier molecular flexibility index (Phi) is 7.54. The number of aromatic amines is 1. The number of hydrogen-bond acceptors (Lipinski definition) is 5. The van der Waals surface area contributed by atoms with Crippen LogP contribution in [0.15, 0.2) is 53.3 Å². The van der Waals surface area contributed by atoms with E-state index >= 15 is 0 Å². The summed E-state index contributed by atoms with van der Waals surface area (Å²) in [5.41, 5.74) is 4.21. The molecule has 0 saturated heterocycles. The summed E-state index contributed by atoms with van der Waals surface area (Å²) in [7, 11) is 0. The molecule has 4 rings (SSSR count). The average Bonchev–Trinajstić information content (AvgIpc) is 3.48. The molecule has 0 bridgehead atoms. The van der Waals surface area contributed by atoms with Gasteiger partial charge in [0, 0.05) is 12.1 Å². The number of nitrogens with zero attached hydrogens (tertiary/aromatic N) is 5. The minimum atomic E-state index is -1.05. The largest absolute Gasteiger partial charge is 0.477 e. The summed E-state index contributed by atoms with van der Waals surface area (Å²) in [4.78, 5) is 25.4. The molecular weight excluding hydrogens is 444 g/mol. The first-order chi connectivity index (χ1) is 17.0. The van der Waals surface area contributed by atoms with Gasteiger partial charge in [0.25, 0.3) is 0 Å². The molecule has 0 radical (unpaired) electrons. The van der Waals surface area contributed by atoms with Crippen molar-refractivity contribution in [1.82, 2.24) is 29.8 Å². The predicted molar refractivity (Wildman–Crippen MR) is 133 cm³/mol. The highest BCUT2D eigenvalue weighted by atomic mass is 16.4. The van der Waals surface area contributed by atoms with Gasteiger partial charge in [-0.2, -0.15) is 5.21 Å². The van der Waals surface area contributed by atoms with Gasteiger partial charge in [0.05, 0.1) is 12.2 Å². The summed E-state index contributed by atoms with van der Waals surface area (Å²) >= 11 is 0. The van der Waals surface area contributed by atoms with Crippen LogP contribution in [0.2, 0.25) is 0 Å². The number of imidazole rings is 1. The normalized spacial score (nSPS) is 11.1. The van der Waals surface area contributed by atoms with E-state index in [1.165, 1.54) is 4.57 Å².